The van der Waals surface area contributed by atoms with Crippen molar-refractivity contribution in [2.75, 3.05) is 4.90 Å². The van der Waals surface area contributed by atoms with Gasteiger partial charge in [-0.15, -0.1) is 0 Å². The highest BCUT2D eigenvalue weighted by Gasteiger charge is 2.17. The average molecular weight is 264 g/mol. The number of carbonyl (C=O) groups excluding carboxylic acids is 1. The predicted octanol–water partition coefficient (Wildman–Crippen LogP) is 3.17. The Morgan fingerprint density at radius 2 is 1.80 bits per heavy atom. The maximum atomic E-state index is 11.3. The molecule has 0 atom stereocenters. The van der Waals surface area contributed by atoms with Crippen LogP contribution in [0.5, 0.6) is 0 Å². The first kappa shape index (κ1) is 12.5. The fourth-order valence-corrected chi connectivity index (χ4v) is 2.43. The number of carbonyl (C=O) groups is 1. The average Bonchev–Trinajstić information content (AvgIpc) is 2.46. The van der Waals surface area contributed by atoms with Crippen LogP contribution in [0.2, 0.25) is 0 Å². The molecule has 2 N–H and O–H groups in total. The van der Waals surface area contributed by atoms with Crippen molar-refractivity contribution in [3.63, 3.8) is 0 Å². The minimum Gasteiger partial charge on any atom is -0.385 e. The molecule has 20 heavy (non-hydrogen) atoms. The van der Waals surface area contributed by atoms with Gasteiger partial charge in [-0.1, -0.05) is 24.3 Å². The Kier molecular flexibility index (Phi) is 3.03. The van der Waals surface area contributed by atoms with Crippen molar-refractivity contribution in [1.82, 2.24) is 0 Å². The van der Waals surface area contributed by atoms with E-state index in [9.17, 15) is 4.79 Å². The van der Waals surface area contributed by atoms with E-state index in [-0.39, 0.29) is 5.78 Å². The number of Topliss-reactive ketones (excluding diaryl/α,β-unsaturated/α-hetero) is 1. The normalized spacial score (nSPS) is 13.7. The van der Waals surface area contributed by atoms with Crippen molar-refractivity contribution in [2.24, 2.45) is 5.73 Å². The van der Waals surface area contributed by atoms with Gasteiger partial charge in [0.15, 0.2) is 5.78 Å². The topological polar surface area (TPSA) is 46.3 Å². The monoisotopic (exact) mass is 264 g/mol. The molecule has 3 rings (SSSR count). The number of nitrogens with zero attached hydrogens (tertiary/aromatic N) is 1. The molecule has 3 nitrogen and oxygen atoms in total. The zero-order valence-corrected chi connectivity index (χ0v) is 11.3. The van der Waals surface area contributed by atoms with Gasteiger partial charge >= 0.3 is 0 Å². The second kappa shape index (κ2) is 4.85. The largest absolute Gasteiger partial charge is 0.385 e. The van der Waals surface area contributed by atoms with E-state index in [1.807, 2.05) is 47.4 Å². The molecule has 0 fully saturated rings. The van der Waals surface area contributed by atoms with E-state index < -0.39 is 0 Å². The van der Waals surface area contributed by atoms with Crippen LogP contribution in [-0.4, -0.2) is 5.78 Å². The lowest BCUT2D eigenvalue weighted by molar-refractivity contribution is 0.101. The SMILES string of the molecule is CC(=O)c1ccc(N2Cc3ccccc3C=C2N)cc1. The molecule has 0 radical (unpaired) electrons. The van der Waals surface area contributed by atoms with Crippen molar-refractivity contribution in [1.29, 1.82) is 0 Å². The molecule has 0 saturated heterocycles. The van der Waals surface area contributed by atoms with Crippen LogP contribution in [0.3, 0.4) is 0 Å². The van der Waals surface area contributed by atoms with Gasteiger partial charge in [-0.2, -0.15) is 0 Å². The van der Waals surface area contributed by atoms with Crippen molar-refractivity contribution < 1.29 is 4.79 Å². The van der Waals surface area contributed by atoms with Crippen LogP contribution in [0.25, 0.3) is 6.08 Å². The predicted molar refractivity (Wildman–Crippen MR) is 81.2 cm³/mol. The van der Waals surface area contributed by atoms with Gasteiger partial charge in [0.1, 0.15) is 5.82 Å². The van der Waals surface area contributed by atoms with Crippen LogP contribution >= 0.6 is 0 Å². The minimum absolute atomic E-state index is 0.0732. The Bertz CT molecular complexity index is 686. The number of fused-ring (bicyclic) bond motifs is 1. The number of hydrogen-bond donors (Lipinski definition) is 1. The van der Waals surface area contributed by atoms with Crippen LogP contribution in [0.15, 0.2) is 54.4 Å². The zero-order chi connectivity index (χ0) is 14.1. The molecule has 2 aromatic rings. The molecular weight excluding hydrogens is 248 g/mol. The maximum absolute atomic E-state index is 11.3. The van der Waals surface area contributed by atoms with Crippen LogP contribution in [0, 0.1) is 0 Å². The van der Waals surface area contributed by atoms with Gasteiger partial charge in [0.25, 0.3) is 0 Å². The van der Waals surface area contributed by atoms with Crippen molar-refractivity contribution in [3.8, 4) is 0 Å². The number of rotatable bonds is 2. The lowest BCUT2D eigenvalue weighted by atomic mass is 10.0. The molecule has 100 valence electrons. The lowest BCUT2D eigenvalue weighted by Gasteiger charge is -2.29. The summed E-state index contributed by atoms with van der Waals surface area (Å²) in [6, 6.07) is 15.8. The van der Waals surface area contributed by atoms with Gasteiger partial charge in [0.2, 0.25) is 0 Å². The molecule has 0 amide bonds. The van der Waals surface area contributed by atoms with E-state index in [0.717, 1.165) is 18.1 Å². The third-order valence-corrected chi connectivity index (χ3v) is 3.58. The van der Waals surface area contributed by atoms with Gasteiger partial charge < -0.3 is 10.6 Å². The highest BCUT2D eigenvalue weighted by Crippen LogP contribution is 2.27. The van der Waals surface area contributed by atoms with E-state index in [4.69, 9.17) is 5.73 Å². The summed E-state index contributed by atoms with van der Waals surface area (Å²) in [5, 5.41) is 0. The molecule has 1 heterocycles. The second-order valence-electron chi connectivity index (χ2n) is 4.96. The summed E-state index contributed by atoms with van der Waals surface area (Å²) < 4.78 is 0. The van der Waals surface area contributed by atoms with E-state index in [1.165, 1.54) is 11.1 Å². The summed E-state index contributed by atoms with van der Waals surface area (Å²) in [4.78, 5) is 13.4. The van der Waals surface area contributed by atoms with Crippen LogP contribution in [0.4, 0.5) is 5.69 Å². The Morgan fingerprint density at radius 1 is 1.10 bits per heavy atom. The summed E-state index contributed by atoms with van der Waals surface area (Å²) in [5.41, 5.74) is 10.3. The number of benzene rings is 2. The first-order valence-corrected chi connectivity index (χ1v) is 6.59. The van der Waals surface area contributed by atoms with Gasteiger partial charge in [-0.3, -0.25) is 4.79 Å². The lowest BCUT2D eigenvalue weighted by Crippen LogP contribution is -2.29. The first-order chi connectivity index (χ1) is 9.65. The molecule has 3 heteroatoms. The van der Waals surface area contributed by atoms with Gasteiger partial charge in [-0.25, -0.2) is 0 Å². The maximum Gasteiger partial charge on any atom is 0.159 e. The minimum atomic E-state index is 0.0732. The summed E-state index contributed by atoms with van der Waals surface area (Å²) in [7, 11) is 0. The van der Waals surface area contributed by atoms with Gasteiger partial charge in [0, 0.05) is 11.3 Å². The van der Waals surface area contributed by atoms with Crippen molar-refractivity contribution >= 4 is 17.5 Å². The summed E-state index contributed by atoms with van der Waals surface area (Å²) in [5.74, 6) is 0.795. The van der Waals surface area contributed by atoms with Crippen molar-refractivity contribution in [3.05, 3.63) is 71.0 Å². The second-order valence-corrected chi connectivity index (χ2v) is 4.96. The van der Waals surface area contributed by atoms with Crippen LogP contribution in [-0.2, 0) is 6.54 Å². The van der Waals surface area contributed by atoms with E-state index >= 15 is 0 Å². The third kappa shape index (κ3) is 2.18. The van der Waals surface area contributed by atoms with Gasteiger partial charge in [-0.05, 0) is 48.4 Å². The summed E-state index contributed by atoms with van der Waals surface area (Å²) in [6.45, 7) is 2.32. The quantitative estimate of drug-likeness (QED) is 0.847. The molecule has 0 saturated carbocycles. The molecule has 0 aromatic heterocycles. The summed E-state index contributed by atoms with van der Waals surface area (Å²) in [6.07, 6.45) is 1.98. The zero-order valence-electron chi connectivity index (χ0n) is 11.3. The van der Waals surface area contributed by atoms with E-state index in [0.29, 0.717) is 5.56 Å². The Balaban J connectivity index is 1.94. The Hall–Kier alpha value is -2.55. The van der Waals surface area contributed by atoms with Gasteiger partial charge in [0.05, 0.1) is 6.54 Å². The number of ketones is 1. The number of hydrogen-bond acceptors (Lipinski definition) is 3. The first-order valence-electron chi connectivity index (χ1n) is 6.59. The highest BCUT2D eigenvalue weighted by atomic mass is 16.1. The molecular formula is C17H16N2O. The molecule has 0 spiro atoms. The number of anilines is 1. The number of nitrogens with two attached hydrogens (primary N) is 1. The third-order valence-electron chi connectivity index (χ3n) is 3.58. The smallest absolute Gasteiger partial charge is 0.159 e. The standard InChI is InChI=1S/C17H16N2O/c1-12(20)13-6-8-16(9-7-13)19-11-15-5-3-2-4-14(15)10-17(19)18/h2-10H,11,18H2,1H3. The highest BCUT2D eigenvalue weighted by molar-refractivity contribution is 5.94. The summed E-state index contributed by atoms with van der Waals surface area (Å²) >= 11 is 0. The fraction of sp³-hybridized carbons (Fsp3) is 0.118. The molecule has 2 aromatic carbocycles. The van der Waals surface area contributed by atoms with Crippen molar-refractivity contribution in [2.45, 2.75) is 13.5 Å². The molecule has 1 aliphatic heterocycles. The Labute approximate surface area is 118 Å². The van der Waals surface area contributed by atoms with Crippen LogP contribution in [0.1, 0.15) is 28.4 Å². The van der Waals surface area contributed by atoms with Crippen LogP contribution < -0.4 is 10.6 Å². The molecule has 0 aliphatic carbocycles. The van der Waals surface area contributed by atoms with E-state index in [1.54, 1.807) is 6.92 Å². The fourth-order valence-electron chi connectivity index (χ4n) is 2.43. The molecule has 0 unspecified atom stereocenters. The van der Waals surface area contributed by atoms with E-state index in [2.05, 4.69) is 12.1 Å². The molecule has 0 bridgehead atoms. The molecule has 1 aliphatic rings. The Morgan fingerprint density at radius 3 is 2.50 bits per heavy atom.